The Morgan fingerprint density at radius 2 is 1.23 bits per heavy atom. The average molecular weight is 460 g/mol. The monoisotopic (exact) mass is 459 g/mol. The molecule has 0 amide bonds. The van der Waals surface area contributed by atoms with Crippen LogP contribution in [0.3, 0.4) is 0 Å². The molecule has 3 N–H and O–H groups in total. The van der Waals surface area contributed by atoms with Crippen LogP contribution in [0, 0.1) is 0 Å². The fourth-order valence-corrected chi connectivity index (χ4v) is 3.29. The number of ether oxygens (including phenoxy) is 1. The fraction of sp³-hybridized carbons (Fsp3) is 0.286. The third-order valence-electron chi connectivity index (χ3n) is 4.65. The van der Waals surface area contributed by atoms with Crippen LogP contribution in [0.25, 0.3) is 0 Å². The number of aromatic nitrogens is 3. The predicted molar refractivity (Wildman–Crippen MR) is 125 cm³/mol. The summed E-state index contributed by atoms with van der Waals surface area (Å²) >= 11 is 12.0. The highest BCUT2D eigenvalue weighted by molar-refractivity contribution is 6.30. The van der Waals surface area contributed by atoms with Crippen molar-refractivity contribution in [2.24, 2.45) is 0 Å². The number of hydrogen-bond donors (Lipinski definition) is 3. The maximum absolute atomic E-state index is 5.98. The molecule has 0 radical (unpaired) electrons. The van der Waals surface area contributed by atoms with Gasteiger partial charge in [-0.05, 0) is 48.5 Å². The van der Waals surface area contributed by atoms with Crippen molar-refractivity contribution in [1.82, 2.24) is 19.9 Å². The van der Waals surface area contributed by atoms with Crippen molar-refractivity contribution in [3.05, 3.63) is 58.6 Å². The number of rotatable bonds is 8. The van der Waals surface area contributed by atoms with Crippen LogP contribution in [-0.2, 0) is 4.74 Å². The second-order valence-electron chi connectivity index (χ2n) is 6.95. The zero-order valence-corrected chi connectivity index (χ0v) is 18.3. The molecule has 1 aliphatic heterocycles. The zero-order chi connectivity index (χ0) is 21.5. The van der Waals surface area contributed by atoms with E-state index in [0.29, 0.717) is 34.4 Å². The largest absolute Gasteiger partial charge is 0.379 e. The van der Waals surface area contributed by atoms with E-state index in [0.717, 1.165) is 44.2 Å². The summed E-state index contributed by atoms with van der Waals surface area (Å²) in [6.45, 7) is 5.02. The summed E-state index contributed by atoms with van der Waals surface area (Å²) < 4.78 is 5.40. The molecule has 0 aliphatic carbocycles. The molecule has 2 aromatic carbocycles. The number of hydrogen-bond acceptors (Lipinski definition) is 8. The van der Waals surface area contributed by atoms with E-state index in [1.165, 1.54) is 0 Å². The molecule has 0 atom stereocenters. The molecule has 0 saturated carbocycles. The van der Waals surface area contributed by atoms with Gasteiger partial charge in [0.2, 0.25) is 17.8 Å². The molecule has 1 fully saturated rings. The third-order valence-corrected chi connectivity index (χ3v) is 5.15. The lowest BCUT2D eigenvalue weighted by Crippen LogP contribution is -2.39. The number of nitrogens with one attached hydrogen (secondary N) is 3. The highest BCUT2D eigenvalue weighted by Crippen LogP contribution is 2.21. The molecule has 1 aromatic heterocycles. The molecule has 162 valence electrons. The predicted octanol–water partition coefficient (Wildman–Crippen LogP) is 4.41. The summed E-state index contributed by atoms with van der Waals surface area (Å²) in [5.74, 6) is 1.32. The lowest BCUT2D eigenvalue weighted by molar-refractivity contribution is 0.0398. The number of nitrogens with zero attached hydrogens (tertiary/aromatic N) is 4. The Hall–Kier alpha value is -2.65. The molecule has 0 spiro atoms. The van der Waals surface area contributed by atoms with E-state index < -0.39 is 0 Å². The Kier molecular flexibility index (Phi) is 7.37. The zero-order valence-electron chi connectivity index (χ0n) is 16.8. The van der Waals surface area contributed by atoms with E-state index in [2.05, 4.69) is 35.8 Å². The highest BCUT2D eigenvalue weighted by atomic mass is 35.5. The van der Waals surface area contributed by atoms with Gasteiger partial charge in [0.05, 0.1) is 13.2 Å². The van der Waals surface area contributed by atoms with Crippen LogP contribution >= 0.6 is 23.2 Å². The van der Waals surface area contributed by atoms with Gasteiger partial charge in [-0.25, -0.2) is 0 Å². The molecular weight excluding hydrogens is 437 g/mol. The number of morpholine rings is 1. The normalized spacial score (nSPS) is 14.3. The Bertz CT molecular complexity index is 914. The van der Waals surface area contributed by atoms with Gasteiger partial charge >= 0.3 is 0 Å². The van der Waals surface area contributed by atoms with E-state index in [1.807, 2.05) is 24.3 Å². The van der Waals surface area contributed by atoms with Gasteiger partial charge in [0.15, 0.2) is 0 Å². The van der Waals surface area contributed by atoms with Crippen LogP contribution in [-0.4, -0.2) is 59.2 Å². The molecule has 4 rings (SSSR count). The first-order chi connectivity index (χ1) is 15.1. The van der Waals surface area contributed by atoms with Crippen LogP contribution in [0.5, 0.6) is 0 Å². The number of anilines is 5. The standard InChI is InChI=1S/C21H23Cl2N7O/c22-15-1-5-17(6-2-15)25-20-27-19(24-9-10-30-11-13-31-14-12-30)28-21(29-20)26-18-7-3-16(23)4-8-18/h1-8H,9-14H2,(H3,24,25,26,27,28,29). The lowest BCUT2D eigenvalue weighted by Gasteiger charge is -2.26. The van der Waals surface area contributed by atoms with Crippen LogP contribution in [0.2, 0.25) is 10.0 Å². The smallest absolute Gasteiger partial charge is 0.233 e. The van der Waals surface area contributed by atoms with Gasteiger partial charge in [-0.2, -0.15) is 15.0 Å². The molecule has 8 nitrogen and oxygen atoms in total. The van der Waals surface area contributed by atoms with Crippen LogP contribution in [0.4, 0.5) is 29.2 Å². The summed E-state index contributed by atoms with van der Waals surface area (Å²) in [6, 6.07) is 14.7. The van der Waals surface area contributed by atoms with Crippen molar-refractivity contribution >= 4 is 52.4 Å². The van der Waals surface area contributed by atoms with Crippen molar-refractivity contribution in [3.63, 3.8) is 0 Å². The summed E-state index contributed by atoms with van der Waals surface area (Å²) in [6.07, 6.45) is 0. The summed E-state index contributed by atoms with van der Waals surface area (Å²) in [5.41, 5.74) is 1.65. The van der Waals surface area contributed by atoms with Crippen molar-refractivity contribution in [3.8, 4) is 0 Å². The summed E-state index contributed by atoms with van der Waals surface area (Å²) in [7, 11) is 0. The van der Waals surface area contributed by atoms with Gasteiger partial charge in [-0.15, -0.1) is 0 Å². The van der Waals surface area contributed by atoms with E-state index >= 15 is 0 Å². The van der Waals surface area contributed by atoms with Crippen molar-refractivity contribution in [2.75, 3.05) is 55.3 Å². The lowest BCUT2D eigenvalue weighted by atomic mass is 10.3. The van der Waals surface area contributed by atoms with Gasteiger partial charge in [0.25, 0.3) is 0 Å². The van der Waals surface area contributed by atoms with Gasteiger partial charge in [0, 0.05) is 47.6 Å². The molecule has 31 heavy (non-hydrogen) atoms. The molecule has 2 heterocycles. The van der Waals surface area contributed by atoms with E-state index in [9.17, 15) is 0 Å². The Morgan fingerprint density at radius 3 is 1.74 bits per heavy atom. The second-order valence-corrected chi connectivity index (χ2v) is 7.82. The topological polar surface area (TPSA) is 87.2 Å². The van der Waals surface area contributed by atoms with E-state index in [1.54, 1.807) is 24.3 Å². The summed E-state index contributed by atoms with van der Waals surface area (Å²) in [5, 5.41) is 11.0. The van der Waals surface area contributed by atoms with E-state index in [-0.39, 0.29) is 0 Å². The maximum atomic E-state index is 5.98. The second kappa shape index (κ2) is 10.6. The Balaban J connectivity index is 1.48. The number of benzene rings is 2. The molecule has 1 aliphatic rings. The molecule has 1 saturated heterocycles. The Labute approximate surface area is 191 Å². The van der Waals surface area contributed by atoms with Crippen LogP contribution in [0.1, 0.15) is 0 Å². The first-order valence-corrected chi connectivity index (χ1v) is 10.7. The minimum Gasteiger partial charge on any atom is -0.379 e. The van der Waals surface area contributed by atoms with E-state index in [4.69, 9.17) is 27.9 Å². The van der Waals surface area contributed by atoms with Crippen molar-refractivity contribution in [2.45, 2.75) is 0 Å². The molecule has 10 heteroatoms. The van der Waals surface area contributed by atoms with Crippen molar-refractivity contribution in [1.29, 1.82) is 0 Å². The third kappa shape index (κ3) is 6.67. The Morgan fingerprint density at radius 1 is 0.742 bits per heavy atom. The van der Waals surface area contributed by atoms with Crippen LogP contribution in [0.15, 0.2) is 48.5 Å². The van der Waals surface area contributed by atoms with Gasteiger partial charge in [0.1, 0.15) is 0 Å². The van der Waals surface area contributed by atoms with Gasteiger partial charge in [-0.1, -0.05) is 23.2 Å². The fourth-order valence-electron chi connectivity index (χ4n) is 3.04. The first-order valence-electron chi connectivity index (χ1n) is 9.99. The maximum Gasteiger partial charge on any atom is 0.233 e. The average Bonchev–Trinajstić information content (AvgIpc) is 2.78. The van der Waals surface area contributed by atoms with Gasteiger partial charge < -0.3 is 20.7 Å². The van der Waals surface area contributed by atoms with Crippen molar-refractivity contribution < 1.29 is 4.74 Å². The molecule has 0 unspecified atom stereocenters. The first kappa shape index (κ1) is 21.6. The molecule has 0 bridgehead atoms. The molecular formula is C21H23Cl2N7O. The highest BCUT2D eigenvalue weighted by Gasteiger charge is 2.11. The van der Waals surface area contributed by atoms with Gasteiger partial charge in [-0.3, -0.25) is 4.90 Å². The van der Waals surface area contributed by atoms with Crippen LogP contribution < -0.4 is 16.0 Å². The minimum absolute atomic E-state index is 0.419. The summed E-state index contributed by atoms with van der Waals surface area (Å²) in [4.78, 5) is 15.8. The minimum atomic E-state index is 0.419. The molecule has 3 aromatic rings. The quantitative estimate of drug-likeness (QED) is 0.456. The SMILES string of the molecule is Clc1ccc(Nc2nc(NCCN3CCOCC3)nc(Nc3ccc(Cl)cc3)n2)cc1. The number of halogens is 2.